The summed E-state index contributed by atoms with van der Waals surface area (Å²) in [7, 11) is -3.73. The van der Waals surface area contributed by atoms with Crippen molar-refractivity contribution in [2.75, 3.05) is 22.0 Å². The van der Waals surface area contributed by atoms with Crippen LogP contribution in [-0.2, 0) is 21.2 Å². The zero-order valence-corrected chi connectivity index (χ0v) is 17.4. The lowest BCUT2D eigenvalue weighted by atomic mass is 10.1. The molecule has 0 aliphatic carbocycles. The van der Waals surface area contributed by atoms with Crippen molar-refractivity contribution >= 4 is 50.5 Å². The van der Waals surface area contributed by atoms with E-state index < -0.39 is 16.1 Å². The molecular weight excluding hydrogens is 407 g/mol. The van der Waals surface area contributed by atoms with Crippen LogP contribution >= 0.6 is 23.2 Å². The fourth-order valence-corrected chi connectivity index (χ4v) is 4.90. The maximum Gasteiger partial charge on any atom is 0.250 e. The van der Waals surface area contributed by atoms with Crippen LogP contribution in [0.1, 0.15) is 18.9 Å². The molecule has 0 fully saturated rings. The molecule has 0 saturated carbocycles. The molecule has 2 aromatic rings. The second-order valence-electron chi connectivity index (χ2n) is 6.45. The summed E-state index contributed by atoms with van der Waals surface area (Å²) in [5, 5.41) is 0.554. The lowest BCUT2D eigenvalue weighted by Crippen LogP contribution is -2.50. The number of rotatable bonds is 5. The van der Waals surface area contributed by atoms with E-state index in [0.717, 1.165) is 28.2 Å². The second kappa shape index (κ2) is 7.70. The van der Waals surface area contributed by atoms with Crippen LogP contribution in [0.25, 0.3) is 0 Å². The number of hydrogen-bond donors (Lipinski definition) is 0. The van der Waals surface area contributed by atoms with E-state index >= 15 is 0 Å². The van der Waals surface area contributed by atoms with Crippen LogP contribution in [0.5, 0.6) is 0 Å². The van der Waals surface area contributed by atoms with E-state index in [9.17, 15) is 13.2 Å². The summed E-state index contributed by atoms with van der Waals surface area (Å²) in [4.78, 5) is 15.0. The van der Waals surface area contributed by atoms with E-state index in [1.165, 1.54) is 12.1 Å². The largest absolute Gasteiger partial charge is 0.310 e. The van der Waals surface area contributed by atoms with Gasteiger partial charge in [0, 0.05) is 12.2 Å². The Morgan fingerprint density at radius 2 is 1.89 bits per heavy atom. The molecule has 1 atom stereocenters. The Labute approximate surface area is 169 Å². The van der Waals surface area contributed by atoms with Crippen molar-refractivity contribution in [3.8, 4) is 0 Å². The zero-order valence-electron chi connectivity index (χ0n) is 15.0. The van der Waals surface area contributed by atoms with E-state index in [1.54, 1.807) is 17.9 Å². The maximum absolute atomic E-state index is 13.3. The second-order valence-corrected chi connectivity index (χ2v) is 9.12. The van der Waals surface area contributed by atoms with Crippen molar-refractivity contribution < 1.29 is 13.2 Å². The standard InChI is InChI=1S/C19H20Cl2N2O3S/c1-3-17(19(24)22-11-10-13-6-4-5-7-18(13)22)23(27(2,25)26)14-8-9-15(20)16(21)12-14/h4-9,12,17H,3,10-11H2,1-2H3/t17-/m1/s1. The highest BCUT2D eigenvalue weighted by Crippen LogP contribution is 2.33. The maximum atomic E-state index is 13.3. The molecule has 1 aliphatic heterocycles. The first-order valence-corrected chi connectivity index (χ1v) is 11.2. The summed E-state index contributed by atoms with van der Waals surface area (Å²) in [6.07, 6.45) is 2.16. The molecule has 0 saturated heterocycles. The molecule has 27 heavy (non-hydrogen) atoms. The Hall–Kier alpha value is -1.76. The van der Waals surface area contributed by atoms with Crippen LogP contribution in [0.15, 0.2) is 42.5 Å². The molecule has 0 radical (unpaired) electrons. The summed E-state index contributed by atoms with van der Waals surface area (Å²) in [5.74, 6) is -0.251. The fourth-order valence-electron chi connectivity index (χ4n) is 3.41. The molecule has 1 amide bonds. The Bertz CT molecular complexity index is 979. The number of carbonyl (C=O) groups is 1. The molecule has 0 unspecified atom stereocenters. The lowest BCUT2D eigenvalue weighted by Gasteiger charge is -2.33. The van der Waals surface area contributed by atoms with Gasteiger partial charge >= 0.3 is 0 Å². The first kappa shape index (κ1) is 20.0. The van der Waals surface area contributed by atoms with Crippen LogP contribution < -0.4 is 9.21 Å². The van der Waals surface area contributed by atoms with Gasteiger partial charge in [0.2, 0.25) is 10.0 Å². The highest BCUT2D eigenvalue weighted by atomic mass is 35.5. The van der Waals surface area contributed by atoms with Crippen molar-refractivity contribution in [3.05, 3.63) is 58.1 Å². The molecule has 8 heteroatoms. The molecule has 2 aromatic carbocycles. The first-order valence-electron chi connectivity index (χ1n) is 8.57. The minimum absolute atomic E-state index is 0.233. The van der Waals surface area contributed by atoms with Crippen LogP contribution in [0.3, 0.4) is 0 Å². The van der Waals surface area contributed by atoms with Crippen molar-refractivity contribution in [1.82, 2.24) is 0 Å². The average Bonchev–Trinajstić information content (AvgIpc) is 3.04. The van der Waals surface area contributed by atoms with E-state index in [2.05, 4.69) is 0 Å². The van der Waals surface area contributed by atoms with Crippen molar-refractivity contribution in [1.29, 1.82) is 0 Å². The third-order valence-corrected chi connectivity index (χ3v) is 6.54. The Kier molecular flexibility index (Phi) is 5.70. The normalized spacial score (nSPS) is 14.7. The van der Waals surface area contributed by atoms with Gasteiger partial charge in [0.15, 0.2) is 0 Å². The van der Waals surface area contributed by atoms with Crippen LogP contribution in [0.4, 0.5) is 11.4 Å². The molecule has 0 N–H and O–H groups in total. The highest BCUT2D eigenvalue weighted by Gasteiger charge is 2.36. The summed E-state index contributed by atoms with van der Waals surface area (Å²) in [6.45, 7) is 2.33. The molecule has 1 aliphatic rings. The zero-order chi connectivity index (χ0) is 19.8. The lowest BCUT2D eigenvalue weighted by molar-refractivity contribution is -0.119. The Balaban J connectivity index is 2.02. The topological polar surface area (TPSA) is 57.7 Å². The van der Waals surface area contributed by atoms with Gasteiger partial charge in [-0.25, -0.2) is 8.42 Å². The van der Waals surface area contributed by atoms with Crippen LogP contribution in [0, 0.1) is 0 Å². The molecule has 0 aromatic heterocycles. The van der Waals surface area contributed by atoms with Crippen LogP contribution in [-0.4, -0.2) is 33.2 Å². The molecule has 0 spiro atoms. The highest BCUT2D eigenvalue weighted by molar-refractivity contribution is 7.92. The number of benzene rings is 2. The monoisotopic (exact) mass is 426 g/mol. The summed E-state index contributed by atoms with van der Waals surface area (Å²) in [6, 6.07) is 11.4. The summed E-state index contributed by atoms with van der Waals surface area (Å²) < 4.78 is 26.3. The molecular formula is C19H20Cl2N2O3S. The van der Waals surface area contributed by atoms with E-state index in [1.807, 2.05) is 24.3 Å². The third kappa shape index (κ3) is 3.93. The quantitative estimate of drug-likeness (QED) is 0.721. The van der Waals surface area contributed by atoms with Gasteiger partial charge < -0.3 is 4.90 Å². The van der Waals surface area contributed by atoms with E-state index in [-0.39, 0.29) is 10.9 Å². The van der Waals surface area contributed by atoms with Crippen molar-refractivity contribution in [3.63, 3.8) is 0 Å². The predicted molar refractivity (Wildman–Crippen MR) is 110 cm³/mol. The summed E-state index contributed by atoms with van der Waals surface area (Å²) in [5.41, 5.74) is 2.24. The Morgan fingerprint density at radius 3 is 2.52 bits per heavy atom. The number of nitrogens with zero attached hydrogens (tertiary/aromatic N) is 2. The molecule has 1 heterocycles. The van der Waals surface area contributed by atoms with Crippen LogP contribution in [0.2, 0.25) is 10.0 Å². The first-order chi connectivity index (χ1) is 12.7. The van der Waals surface area contributed by atoms with Gasteiger partial charge in [0.1, 0.15) is 6.04 Å². The number of sulfonamides is 1. The SMILES string of the molecule is CC[C@H](C(=O)N1CCc2ccccc21)N(c1ccc(Cl)c(Cl)c1)S(C)(=O)=O. The van der Waals surface area contributed by atoms with E-state index in [4.69, 9.17) is 23.2 Å². The van der Waals surface area contributed by atoms with Crippen molar-refractivity contribution in [2.45, 2.75) is 25.8 Å². The number of para-hydroxylation sites is 1. The molecule has 144 valence electrons. The predicted octanol–water partition coefficient (Wildman–Crippen LogP) is 4.13. The number of fused-ring (bicyclic) bond motifs is 1. The number of hydrogen-bond acceptors (Lipinski definition) is 3. The van der Waals surface area contributed by atoms with Gasteiger partial charge in [0.05, 0.1) is 22.0 Å². The number of anilines is 2. The van der Waals surface area contributed by atoms with Gasteiger partial charge in [-0.1, -0.05) is 48.3 Å². The van der Waals surface area contributed by atoms with Gasteiger partial charge in [-0.3, -0.25) is 9.10 Å². The molecule has 5 nitrogen and oxygen atoms in total. The van der Waals surface area contributed by atoms with Gasteiger partial charge in [-0.05, 0) is 42.7 Å². The number of halogens is 2. The number of carbonyl (C=O) groups excluding carboxylic acids is 1. The molecule has 3 rings (SSSR count). The fraction of sp³-hybridized carbons (Fsp3) is 0.316. The smallest absolute Gasteiger partial charge is 0.250 e. The number of amides is 1. The Morgan fingerprint density at radius 1 is 1.19 bits per heavy atom. The van der Waals surface area contributed by atoms with Crippen molar-refractivity contribution in [2.24, 2.45) is 0 Å². The average molecular weight is 427 g/mol. The molecule has 0 bridgehead atoms. The third-order valence-electron chi connectivity index (χ3n) is 4.62. The summed E-state index contributed by atoms with van der Waals surface area (Å²) >= 11 is 12.0. The van der Waals surface area contributed by atoms with Gasteiger partial charge in [-0.15, -0.1) is 0 Å². The minimum atomic E-state index is -3.73. The minimum Gasteiger partial charge on any atom is -0.310 e. The van der Waals surface area contributed by atoms with Gasteiger partial charge in [0.25, 0.3) is 5.91 Å². The van der Waals surface area contributed by atoms with Gasteiger partial charge in [-0.2, -0.15) is 0 Å². The van der Waals surface area contributed by atoms with E-state index in [0.29, 0.717) is 23.7 Å².